The van der Waals surface area contributed by atoms with E-state index in [4.69, 9.17) is 0 Å². The molecule has 0 aromatic carbocycles. The van der Waals surface area contributed by atoms with E-state index in [9.17, 15) is 4.79 Å². The molecule has 1 N–H and O–H groups in total. The fourth-order valence-corrected chi connectivity index (χ4v) is 2.86. The van der Waals surface area contributed by atoms with Crippen LogP contribution in [0.3, 0.4) is 0 Å². The van der Waals surface area contributed by atoms with Crippen molar-refractivity contribution in [2.24, 2.45) is 10.8 Å². The first-order valence-corrected chi connectivity index (χ1v) is 4.65. The van der Waals surface area contributed by atoms with Crippen molar-refractivity contribution in [1.82, 2.24) is 5.32 Å². The van der Waals surface area contributed by atoms with Crippen molar-refractivity contribution in [3.05, 3.63) is 0 Å². The van der Waals surface area contributed by atoms with Crippen molar-refractivity contribution >= 4 is 6.29 Å². The van der Waals surface area contributed by atoms with Crippen molar-refractivity contribution in [3.8, 4) is 0 Å². The topological polar surface area (TPSA) is 29.1 Å². The van der Waals surface area contributed by atoms with Crippen LogP contribution in [0.4, 0.5) is 0 Å². The zero-order chi connectivity index (χ0) is 9.04. The summed E-state index contributed by atoms with van der Waals surface area (Å²) < 4.78 is 0. The maximum absolute atomic E-state index is 10.9. The van der Waals surface area contributed by atoms with Gasteiger partial charge in [0.25, 0.3) is 0 Å². The summed E-state index contributed by atoms with van der Waals surface area (Å²) >= 11 is 0. The van der Waals surface area contributed by atoms with Crippen molar-refractivity contribution in [3.63, 3.8) is 0 Å². The number of aldehydes is 1. The molecule has 3 aliphatic carbocycles. The third kappa shape index (κ3) is 0.674. The van der Waals surface area contributed by atoms with Gasteiger partial charge < -0.3 is 10.1 Å². The summed E-state index contributed by atoms with van der Waals surface area (Å²) in [6, 6.07) is 0. The van der Waals surface area contributed by atoms with Crippen molar-refractivity contribution in [2.45, 2.75) is 38.6 Å². The third-order valence-corrected chi connectivity index (χ3v) is 4.22. The number of carbonyl (C=O) groups excluding carboxylic acids is 1. The van der Waals surface area contributed by atoms with Gasteiger partial charge in [-0.25, -0.2) is 0 Å². The fourth-order valence-electron chi connectivity index (χ4n) is 2.86. The Balaban J connectivity index is 2.08. The second-order valence-corrected chi connectivity index (χ2v) is 5.18. The molecule has 0 heterocycles. The quantitative estimate of drug-likeness (QED) is 0.643. The molecule has 68 valence electrons. The molecule has 12 heavy (non-hydrogen) atoms. The normalized spacial score (nSPS) is 44.6. The standard InChI is InChI=1S/C10H17NO/c1-8(2,7-12)9-4-10(5-9,6-9)11-3/h7,11H,4-6H2,1-3H3. The van der Waals surface area contributed by atoms with Crippen LogP contribution < -0.4 is 5.32 Å². The molecule has 0 amide bonds. The molecule has 2 heteroatoms. The van der Waals surface area contributed by atoms with Gasteiger partial charge in [-0.15, -0.1) is 0 Å². The summed E-state index contributed by atoms with van der Waals surface area (Å²) in [5.41, 5.74) is 0.656. The highest BCUT2D eigenvalue weighted by Crippen LogP contribution is 2.73. The predicted octanol–water partition coefficient (Wildman–Crippen LogP) is 1.35. The van der Waals surface area contributed by atoms with E-state index in [2.05, 4.69) is 19.2 Å². The van der Waals surface area contributed by atoms with E-state index in [1.165, 1.54) is 19.3 Å². The summed E-state index contributed by atoms with van der Waals surface area (Å²) in [5.74, 6) is 0. The molecule has 3 aliphatic rings. The largest absolute Gasteiger partial charge is 0.314 e. The first-order chi connectivity index (χ1) is 5.49. The van der Waals surface area contributed by atoms with Crippen LogP contribution in [0.1, 0.15) is 33.1 Å². The molecule has 3 rings (SSSR count). The van der Waals surface area contributed by atoms with E-state index in [1.54, 1.807) is 0 Å². The van der Waals surface area contributed by atoms with Crippen molar-refractivity contribution < 1.29 is 4.79 Å². The predicted molar refractivity (Wildman–Crippen MR) is 47.9 cm³/mol. The number of hydrogen-bond donors (Lipinski definition) is 1. The smallest absolute Gasteiger partial charge is 0.126 e. The summed E-state index contributed by atoms with van der Waals surface area (Å²) in [7, 11) is 2.02. The lowest BCUT2D eigenvalue weighted by Crippen LogP contribution is -2.77. The number of carbonyl (C=O) groups is 1. The molecular weight excluding hydrogens is 150 g/mol. The highest BCUT2D eigenvalue weighted by atomic mass is 16.1. The van der Waals surface area contributed by atoms with Gasteiger partial charge in [-0.2, -0.15) is 0 Å². The minimum atomic E-state index is -0.106. The maximum atomic E-state index is 10.9. The van der Waals surface area contributed by atoms with Crippen LogP contribution in [0, 0.1) is 10.8 Å². The lowest BCUT2D eigenvalue weighted by Gasteiger charge is -2.75. The summed E-state index contributed by atoms with van der Waals surface area (Å²) in [4.78, 5) is 10.9. The van der Waals surface area contributed by atoms with Gasteiger partial charge in [0.15, 0.2) is 0 Å². The molecule has 0 spiro atoms. The Morgan fingerprint density at radius 2 is 1.83 bits per heavy atom. The molecule has 0 radical (unpaired) electrons. The highest BCUT2D eigenvalue weighted by Gasteiger charge is 2.72. The first-order valence-electron chi connectivity index (χ1n) is 4.65. The summed E-state index contributed by atoms with van der Waals surface area (Å²) in [6.45, 7) is 4.14. The Labute approximate surface area is 73.7 Å². The molecule has 2 nitrogen and oxygen atoms in total. The fraction of sp³-hybridized carbons (Fsp3) is 0.900. The van der Waals surface area contributed by atoms with Crippen LogP contribution in [0.25, 0.3) is 0 Å². The molecule has 0 atom stereocenters. The third-order valence-electron chi connectivity index (χ3n) is 4.22. The van der Waals surface area contributed by atoms with Gasteiger partial charge in [0.2, 0.25) is 0 Å². The van der Waals surface area contributed by atoms with Crippen LogP contribution >= 0.6 is 0 Å². The van der Waals surface area contributed by atoms with Crippen LogP contribution in [0.5, 0.6) is 0 Å². The SMILES string of the molecule is CNC12CC(C(C)(C)C=O)(C1)C2. The second-order valence-electron chi connectivity index (χ2n) is 5.18. The molecule has 3 saturated carbocycles. The summed E-state index contributed by atoms with van der Waals surface area (Å²) in [5, 5.41) is 3.35. The lowest BCUT2D eigenvalue weighted by atomic mass is 9.33. The molecule has 2 bridgehead atoms. The highest BCUT2D eigenvalue weighted by molar-refractivity contribution is 5.62. The van der Waals surface area contributed by atoms with Crippen molar-refractivity contribution in [1.29, 1.82) is 0 Å². The van der Waals surface area contributed by atoms with Gasteiger partial charge in [0.05, 0.1) is 0 Å². The second kappa shape index (κ2) is 1.92. The van der Waals surface area contributed by atoms with Gasteiger partial charge in [-0.05, 0) is 31.7 Å². The molecule has 0 aromatic rings. The minimum absolute atomic E-state index is 0.106. The van der Waals surface area contributed by atoms with Crippen LogP contribution in [0.2, 0.25) is 0 Å². The summed E-state index contributed by atoms with van der Waals surface area (Å²) in [6.07, 6.45) is 4.72. The Bertz CT molecular complexity index is 212. The Morgan fingerprint density at radius 1 is 1.33 bits per heavy atom. The zero-order valence-electron chi connectivity index (χ0n) is 8.11. The molecule has 0 saturated heterocycles. The van der Waals surface area contributed by atoms with Gasteiger partial charge in [-0.1, -0.05) is 13.8 Å². The first kappa shape index (κ1) is 8.24. The Morgan fingerprint density at radius 3 is 2.17 bits per heavy atom. The van der Waals surface area contributed by atoms with Crippen LogP contribution in [-0.2, 0) is 4.79 Å². The zero-order valence-corrected chi connectivity index (χ0v) is 8.11. The van der Waals surface area contributed by atoms with E-state index >= 15 is 0 Å². The monoisotopic (exact) mass is 167 g/mol. The van der Waals surface area contributed by atoms with Gasteiger partial charge in [0.1, 0.15) is 6.29 Å². The van der Waals surface area contributed by atoms with E-state index in [0.717, 1.165) is 6.29 Å². The van der Waals surface area contributed by atoms with E-state index in [0.29, 0.717) is 11.0 Å². The Kier molecular flexibility index (Phi) is 1.32. The van der Waals surface area contributed by atoms with Gasteiger partial charge in [-0.3, -0.25) is 0 Å². The van der Waals surface area contributed by atoms with Crippen LogP contribution in [0.15, 0.2) is 0 Å². The van der Waals surface area contributed by atoms with E-state index < -0.39 is 0 Å². The van der Waals surface area contributed by atoms with Gasteiger partial charge >= 0.3 is 0 Å². The minimum Gasteiger partial charge on any atom is -0.314 e. The molecule has 3 fully saturated rings. The lowest BCUT2D eigenvalue weighted by molar-refractivity contribution is -0.212. The average Bonchev–Trinajstić information content (AvgIpc) is 1.82. The molecular formula is C10H17NO. The average molecular weight is 167 g/mol. The van der Waals surface area contributed by atoms with Crippen LogP contribution in [-0.4, -0.2) is 18.9 Å². The van der Waals surface area contributed by atoms with Crippen molar-refractivity contribution in [2.75, 3.05) is 7.05 Å². The van der Waals surface area contributed by atoms with E-state index in [1.807, 2.05) is 7.05 Å². The maximum Gasteiger partial charge on any atom is 0.126 e. The molecule has 0 aromatic heterocycles. The van der Waals surface area contributed by atoms with E-state index in [-0.39, 0.29) is 5.41 Å². The molecule has 0 unspecified atom stereocenters. The van der Waals surface area contributed by atoms with Gasteiger partial charge in [0, 0.05) is 11.0 Å². The Hall–Kier alpha value is -0.370. The number of hydrogen-bond acceptors (Lipinski definition) is 2. The number of nitrogens with one attached hydrogen (secondary N) is 1. The number of rotatable bonds is 3. The molecule has 0 aliphatic heterocycles.